The number of carbonyl (C=O) groups is 1. The van der Waals surface area contributed by atoms with Crippen LogP contribution in [-0.4, -0.2) is 5.91 Å². The van der Waals surface area contributed by atoms with Gasteiger partial charge in [0.2, 0.25) is 5.91 Å². The lowest BCUT2D eigenvalue weighted by Gasteiger charge is -2.19. The number of carbonyl (C=O) groups excluding carboxylic acids is 1. The first-order valence-corrected chi connectivity index (χ1v) is 7.14. The molecule has 1 aliphatic rings. The van der Waals surface area contributed by atoms with Crippen molar-refractivity contribution in [1.82, 2.24) is 0 Å². The minimum absolute atomic E-state index is 0.0704. The molecule has 0 saturated carbocycles. The molecular formula is C14H15N3OS. The lowest BCUT2D eigenvalue weighted by atomic mass is 10.0. The van der Waals surface area contributed by atoms with Crippen molar-refractivity contribution >= 4 is 34.3 Å². The van der Waals surface area contributed by atoms with Gasteiger partial charge in [-0.1, -0.05) is 0 Å². The van der Waals surface area contributed by atoms with Gasteiger partial charge in [-0.15, -0.1) is 0 Å². The Morgan fingerprint density at radius 3 is 3.05 bits per heavy atom. The van der Waals surface area contributed by atoms with Gasteiger partial charge in [0.05, 0.1) is 11.4 Å². The number of nitrogens with two attached hydrogens (primary N) is 1. The van der Waals surface area contributed by atoms with E-state index in [1.807, 2.05) is 17.5 Å². The smallest absolute Gasteiger partial charge is 0.224 e. The van der Waals surface area contributed by atoms with Gasteiger partial charge in [0.15, 0.2) is 0 Å². The van der Waals surface area contributed by atoms with Crippen molar-refractivity contribution in [3.05, 3.63) is 40.1 Å². The van der Waals surface area contributed by atoms with Gasteiger partial charge < -0.3 is 16.4 Å². The van der Waals surface area contributed by atoms with E-state index in [0.29, 0.717) is 6.42 Å². The van der Waals surface area contributed by atoms with Gasteiger partial charge in [0, 0.05) is 18.7 Å². The van der Waals surface area contributed by atoms with Crippen LogP contribution in [0.1, 0.15) is 17.5 Å². The fourth-order valence-corrected chi connectivity index (χ4v) is 2.86. The third-order valence-electron chi connectivity index (χ3n) is 3.23. The van der Waals surface area contributed by atoms with E-state index < -0.39 is 0 Å². The van der Waals surface area contributed by atoms with Crippen LogP contribution < -0.4 is 16.4 Å². The molecule has 4 nitrogen and oxygen atoms in total. The highest BCUT2D eigenvalue weighted by molar-refractivity contribution is 7.07. The summed E-state index contributed by atoms with van der Waals surface area (Å²) < 4.78 is 0. The van der Waals surface area contributed by atoms with E-state index >= 15 is 0 Å². The van der Waals surface area contributed by atoms with Gasteiger partial charge >= 0.3 is 0 Å². The fraction of sp³-hybridized carbons (Fsp3) is 0.214. The lowest BCUT2D eigenvalue weighted by Crippen LogP contribution is -2.19. The second-order valence-corrected chi connectivity index (χ2v) is 5.41. The number of benzene rings is 1. The van der Waals surface area contributed by atoms with Crippen molar-refractivity contribution in [2.45, 2.75) is 19.4 Å². The van der Waals surface area contributed by atoms with Crippen molar-refractivity contribution in [2.24, 2.45) is 0 Å². The number of aryl methyl sites for hydroxylation is 1. The summed E-state index contributed by atoms with van der Waals surface area (Å²) in [5.41, 5.74) is 10.9. The number of nitrogen functional groups attached to an aromatic ring is 1. The summed E-state index contributed by atoms with van der Waals surface area (Å²) >= 11 is 1.67. The van der Waals surface area contributed by atoms with E-state index in [0.717, 1.165) is 35.6 Å². The number of hydrogen-bond donors (Lipinski definition) is 3. The summed E-state index contributed by atoms with van der Waals surface area (Å²) in [6, 6.07) is 5.95. The SMILES string of the molecule is Nc1cc2c(cc1NCc1ccsc1)NC(=O)CC2. The molecule has 0 spiro atoms. The van der Waals surface area contributed by atoms with Gasteiger partial charge in [-0.25, -0.2) is 0 Å². The summed E-state index contributed by atoms with van der Waals surface area (Å²) in [6.45, 7) is 0.737. The van der Waals surface area contributed by atoms with Crippen LogP contribution in [0.2, 0.25) is 0 Å². The zero-order chi connectivity index (χ0) is 13.2. The van der Waals surface area contributed by atoms with Crippen LogP contribution in [0.5, 0.6) is 0 Å². The molecule has 0 unspecified atom stereocenters. The molecule has 0 radical (unpaired) electrons. The van der Waals surface area contributed by atoms with Crippen LogP contribution in [0.25, 0.3) is 0 Å². The van der Waals surface area contributed by atoms with Crippen LogP contribution in [0.15, 0.2) is 29.0 Å². The molecule has 98 valence electrons. The van der Waals surface area contributed by atoms with Crippen LogP contribution in [0, 0.1) is 0 Å². The Bertz CT molecular complexity index is 607. The summed E-state index contributed by atoms with van der Waals surface area (Å²) in [4.78, 5) is 11.4. The predicted octanol–water partition coefficient (Wildman–Crippen LogP) is 2.83. The molecule has 2 aromatic rings. The first kappa shape index (κ1) is 12.0. The topological polar surface area (TPSA) is 67.2 Å². The third-order valence-corrected chi connectivity index (χ3v) is 3.97. The highest BCUT2D eigenvalue weighted by Gasteiger charge is 2.16. The van der Waals surface area contributed by atoms with E-state index in [1.54, 1.807) is 11.3 Å². The van der Waals surface area contributed by atoms with Crippen molar-refractivity contribution < 1.29 is 4.79 Å². The van der Waals surface area contributed by atoms with E-state index in [4.69, 9.17) is 5.73 Å². The fourth-order valence-electron chi connectivity index (χ4n) is 2.19. The average Bonchev–Trinajstić information content (AvgIpc) is 2.90. The van der Waals surface area contributed by atoms with Crippen molar-refractivity contribution in [1.29, 1.82) is 0 Å². The zero-order valence-corrected chi connectivity index (χ0v) is 11.2. The molecule has 0 fully saturated rings. The Kier molecular flexibility index (Phi) is 3.13. The van der Waals surface area contributed by atoms with Crippen LogP contribution in [0.3, 0.4) is 0 Å². The number of amides is 1. The molecule has 5 heteroatoms. The summed E-state index contributed by atoms with van der Waals surface area (Å²) in [6.07, 6.45) is 1.30. The normalized spacial score (nSPS) is 13.8. The molecule has 1 amide bonds. The number of thiophene rings is 1. The largest absolute Gasteiger partial charge is 0.397 e. The molecule has 2 heterocycles. The van der Waals surface area contributed by atoms with Crippen molar-refractivity contribution in [3.63, 3.8) is 0 Å². The quantitative estimate of drug-likeness (QED) is 0.753. The van der Waals surface area contributed by atoms with Crippen LogP contribution in [0.4, 0.5) is 17.1 Å². The average molecular weight is 273 g/mol. The molecule has 4 N–H and O–H groups in total. The van der Waals surface area contributed by atoms with E-state index in [1.165, 1.54) is 5.56 Å². The summed E-state index contributed by atoms with van der Waals surface area (Å²) in [5.74, 6) is 0.0704. The Balaban J connectivity index is 1.81. The highest BCUT2D eigenvalue weighted by Crippen LogP contribution is 2.31. The van der Waals surface area contributed by atoms with Gasteiger partial charge in [-0.2, -0.15) is 11.3 Å². The summed E-state index contributed by atoms with van der Waals surface area (Å²) in [5, 5.41) is 10.3. The Hall–Kier alpha value is -2.01. The molecule has 1 aliphatic heterocycles. The monoisotopic (exact) mass is 273 g/mol. The van der Waals surface area contributed by atoms with E-state index in [-0.39, 0.29) is 5.91 Å². The Morgan fingerprint density at radius 1 is 1.37 bits per heavy atom. The second-order valence-electron chi connectivity index (χ2n) is 4.63. The van der Waals surface area contributed by atoms with Crippen LogP contribution >= 0.6 is 11.3 Å². The number of rotatable bonds is 3. The predicted molar refractivity (Wildman–Crippen MR) is 79.5 cm³/mol. The maximum atomic E-state index is 11.4. The second kappa shape index (κ2) is 4.93. The maximum Gasteiger partial charge on any atom is 0.224 e. The minimum atomic E-state index is 0.0704. The van der Waals surface area contributed by atoms with Gasteiger partial charge in [0.25, 0.3) is 0 Å². The lowest BCUT2D eigenvalue weighted by molar-refractivity contribution is -0.116. The molecule has 1 aromatic heterocycles. The molecule has 0 bridgehead atoms. The van der Waals surface area contributed by atoms with Gasteiger partial charge in [-0.3, -0.25) is 4.79 Å². The van der Waals surface area contributed by atoms with Gasteiger partial charge in [-0.05, 0) is 46.5 Å². The summed E-state index contributed by atoms with van der Waals surface area (Å²) in [7, 11) is 0. The minimum Gasteiger partial charge on any atom is -0.397 e. The van der Waals surface area contributed by atoms with E-state index in [2.05, 4.69) is 22.1 Å². The van der Waals surface area contributed by atoms with Crippen molar-refractivity contribution in [2.75, 3.05) is 16.4 Å². The van der Waals surface area contributed by atoms with Gasteiger partial charge in [0.1, 0.15) is 0 Å². The molecule has 0 aliphatic carbocycles. The third kappa shape index (κ3) is 2.56. The number of anilines is 3. The number of fused-ring (bicyclic) bond motifs is 1. The Morgan fingerprint density at radius 2 is 2.26 bits per heavy atom. The van der Waals surface area contributed by atoms with Crippen LogP contribution in [-0.2, 0) is 17.8 Å². The molecular weight excluding hydrogens is 258 g/mol. The molecule has 19 heavy (non-hydrogen) atoms. The van der Waals surface area contributed by atoms with Crippen molar-refractivity contribution in [3.8, 4) is 0 Å². The molecule has 0 atom stereocenters. The molecule has 0 saturated heterocycles. The number of nitrogens with one attached hydrogen (secondary N) is 2. The molecule has 1 aromatic carbocycles. The number of hydrogen-bond acceptors (Lipinski definition) is 4. The highest BCUT2D eigenvalue weighted by atomic mass is 32.1. The Labute approximate surface area is 115 Å². The first-order chi connectivity index (χ1) is 9.22. The maximum absolute atomic E-state index is 11.4. The molecule has 3 rings (SSSR count). The standard InChI is InChI=1S/C14H15N3OS/c15-11-5-10-1-2-14(18)17-12(10)6-13(11)16-7-9-3-4-19-8-9/h3-6,8,16H,1-2,7,15H2,(H,17,18). The zero-order valence-electron chi connectivity index (χ0n) is 10.4. The first-order valence-electron chi connectivity index (χ1n) is 6.19. The van der Waals surface area contributed by atoms with E-state index in [9.17, 15) is 4.79 Å².